The molecular formula is C14H12F3NS. The number of thiophene rings is 1. The van der Waals surface area contributed by atoms with Gasteiger partial charge >= 0.3 is 0 Å². The minimum Gasteiger partial charge on any atom is -0.309 e. The van der Waals surface area contributed by atoms with E-state index in [1.807, 2.05) is 6.07 Å². The van der Waals surface area contributed by atoms with Crippen LogP contribution in [0.4, 0.5) is 13.2 Å². The van der Waals surface area contributed by atoms with E-state index in [1.165, 1.54) is 24.2 Å². The van der Waals surface area contributed by atoms with Gasteiger partial charge in [-0.15, -0.1) is 11.3 Å². The molecule has 2 aromatic rings. The number of hydrogen-bond acceptors (Lipinski definition) is 2. The number of rotatable bonds is 4. The van der Waals surface area contributed by atoms with Gasteiger partial charge in [0, 0.05) is 34.0 Å². The fraction of sp³-hybridized carbons (Fsp3) is 0.286. The summed E-state index contributed by atoms with van der Waals surface area (Å²) in [5.41, 5.74) is 0.113. The van der Waals surface area contributed by atoms with Crippen molar-refractivity contribution in [2.45, 2.75) is 25.4 Å². The lowest BCUT2D eigenvalue weighted by molar-refractivity contribution is 0.496. The molecule has 0 radical (unpaired) electrons. The van der Waals surface area contributed by atoms with Crippen molar-refractivity contribution >= 4 is 11.3 Å². The zero-order valence-electron chi connectivity index (χ0n) is 10.1. The number of halogens is 3. The standard InChI is InChI=1S/C14H12F3NS/c15-11-6-13(17)12(16)5-10(11)14-4-3-9(19-14)7-18-8-1-2-8/h3-6,8,18H,1-2,7H2. The molecule has 3 rings (SSSR count). The average molecular weight is 283 g/mol. The normalized spacial score (nSPS) is 14.9. The molecule has 0 spiro atoms. The Morgan fingerprint density at radius 2 is 1.79 bits per heavy atom. The molecule has 1 aliphatic rings. The highest BCUT2D eigenvalue weighted by Crippen LogP contribution is 2.32. The third-order valence-electron chi connectivity index (χ3n) is 3.08. The fourth-order valence-electron chi connectivity index (χ4n) is 1.86. The number of hydrogen-bond donors (Lipinski definition) is 1. The molecule has 1 saturated carbocycles. The Morgan fingerprint density at radius 3 is 2.53 bits per heavy atom. The van der Waals surface area contributed by atoms with Crippen LogP contribution in [0.2, 0.25) is 0 Å². The van der Waals surface area contributed by atoms with Crippen LogP contribution in [0.25, 0.3) is 10.4 Å². The molecule has 0 amide bonds. The van der Waals surface area contributed by atoms with Crippen LogP contribution in [0.1, 0.15) is 17.7 Å². The van der Waals surface area contributed by atoms with Crippen LogP contribution in [0.15, 0.2) is 24.3 Å². The van der Waals surface area contributed by atoms with Gasteiger partial charge < -0.3 is 5.32 Å². The second-order valence-electron chi connectivity index (χ2n) is 4.67. The van der Waals surface area contributed by atoms with Crippen LogP contribution in [0.3, 0.4) is 0 Å². The van der Waals surface area contributed by atoms with E-state index in [0.717, 1.165) is 17.5 Å². The van der Waals surface area contributed by atoms with E-state index >= 15 is 0 Å². The topological polar surface area (TPSA) is 12.0 Å². The summed E-state index contributed by atoms with van der Waals surface area (Å²) in [6.45, 7) is 0.737. The monoisotopic (exact) mass is 283 g/mol. The van der Waals surface area contributed by atoms with Gasteiger partial charge in [0.05, 0.1) is 0 Å². The fourth-order valence-corrected chi connectivity index (χ4v) is 2.84. The summed E-state index contributed by atoms with van der Waals surface area (Å²) >= 11 is 1.39. The minimum absolute atomic E-state index is 0.113. The van der Waals surface area contributed by atoms with Gasteiger partial charge in [-0.05, 0) is 31.0 Å². The third-order valence-corrected chi connectivity index (χ3v) is 4.20. The van der Waals surface area contributed by atoms with Crippen molar-refractivity contribution in [1.29, 1.82) is 0 Å². The Hall–Kier alpha value is -1.33. The highest BCUT2D eigenvalue weighted by atomic mass is 32.1. The smallest absolute Gasteiger partial charge is 0.161 e. The molecule has 5 heteroatoms. The Morgan fingerprint density at radius 1 is 1.05 bits per heavy atom. The van der Waals surface area contributed by atoms with Gasteiger partial charge in [-0.3, -0.25) is 0 Å². The van der Waals surface area contributed by atoms with Crippen molar-refractivity contribution < 1.29 is 13.2 Å². The number of benzene rings is 1. The third kappa shape index (κ3) is 2.82. The van der Waals surface area contributed by atoms with Gasteiger partial charge in [-0.1, -0.05) is 0 Å². The van der Waals surface area contributed by atoms with Crippen LogP contribution in [0, 0.1) is 17.5 Å². The molecular weight excluding hydrogens is 271 g/mol. The van der Waals surface area contributed by atoms with Crippen LogP contribution in [-0.2, 0) is 6.54 Å². The molecule has 0 unspecified atom stereocenters. The summed E-state index contributed by atoms with van der Waals surface area (Å²) in [4.78, 5) is 1.68. The van der Waals surface area contributed by atoms with Gasteiger partial charge in [-0.2, -0.15) is 0 Å². The van der Waals surface area contributed by atoms with E-state index in [-0.39, 0.29) is 5.56 Å². The van der Waals surface area contributed by atoms with Crippen LogP contribution in [-0.4, -0.2) is 6.04 Å². The molecule has 1 aliphatic carbocycles. The molecule has 100 valence electrons. The largest absolute Gasteiger partial charge is 0.309 e. The van der Waals surface area contributed by atoms with E-state index < -0.39 is 17.5 Å². The lowest BCUT2D eigenvalue weighted by Crippen LogP contribution is -2.14. The first-order valence-electron chi connectivity index (χ1n) is 6.10. The van der Waals surface area contributed by atoms with Gasteiger partial charge in [0.15, 0.2) is 11.6 Å². The predicted octanol–water partition coefficient (Wildman–Crippen LogP) is 4.08. The molecule has 1 N–H and O–H groups in total. The van der Waals surface area contributed by atoms with Crippen LogP contribution < -0.4 is 5.32 Å². The molecule has 19 heavy (non-hydrogen) atoms. The molecule has 0 atom stereocenters. The van der Waals surface area contributed by atoms with Crippen LogP contribution in [0.5, 0.6) is 0 Å². The Bertz CT molecular complexity index is 605. The summed E-state index contributed by atoms with van der Waals surface area (Å²) < 4.78 is 39.7. The molecule has 0 saturated heterocycles. The van der Waals surface area contributed by atoms with Gasteiger partial charge in [0.2, 0.25) is 0 Å². The molecule has 1 fully saturated rings. The van der Waals surface area contributed by atoms with E-state index in [1.54, 1.807) is 6.07 Å². The van der Waals surface area contributed by atoms with E-state index in [9.17, 15) is 13.2 Å². The van der Waals surface area contributed by atoms with Crippen molar-refractivity contribution in [3.8, 4) is 10.4 Å². The summed E-state index contributed by atoms with van der Waals surface area (Å²) in [6, 6.07) is 5.73. The Balaban J connectivity index is 1.83. The van der Waals surface area contributed by atoms with Gasteiger partial charge in [0.1, 0.15) is 5.82 Å². The lowest BCUT2D eigenvalue weighted by atomic mass is 10.1. The summed E-state index contributed by atoms with van der Waals surface area (Å²) in [5.74, 6) is -2.92. The maximum Gasteiger partial charge on any atom is 0.161 e. The second-order valence-corrected chi connectivity index (χ2v) is 5.84. The van der Waals surface area contributed by atoms with E-state index in [2.05, 4.69) is 5.32 Å². The molecule has 1 aromatic heterocycles. The maximum atomic E-state index is 13.6. The zero-order chi connectivity index (χ0) is 13.4. The summed E-state index contributed by atoms with van der Waals surface area (Å²) in [7, 11) is 0. The first kappa shape index (κ1) is 12.7. The van der Waals surface area contributed by atoms with Gasteiger partial charge in [0.25, 0.3) is 0 Å². The van der Waals surface area contributed by atoms with E-state index in [0.29, 0.717) is 17.0 Å². The molecule has 0 bridgehead atoms. The second kappa shape index (κ2) is 4.98. The first-order chi connectivity index (χ1) is 9.13. The predicted molar refractivity (Wildman–Crippen MR) is 69.5 cm³/mol. The highest BCUT2D eigenvalue weighted by molar-refractivity contribution is 7.15. The van der Waals surface area contributed by atoms with Crippen molar-refractivity contribution in [1.82, 2.24) is 5.32 Å². The summed E-state index contributed by atoms with van der Waals surface area (Å²) in [6.07, 6.45) is 2.41. The quantitative estimate of drug-likeness (QED) is 0.834. The van der Waals surface area contributed by atoms with Crippen molar-refractivity contribution in [3.63, 3.8) is 0 Å². The Labute approximate surface area is 113 Å². The van der Waals surface area contributed by atoms with Crippen LogP contribution >= 0.6 is 11.3 Å². The summed E-state index contributed by atoms with van der Waals surface area (Å²) in [5, 5.41) is 3.36. The van der Waals surface area contributed by atoms with E-state index in [4.69, 9.17) is 0 Å². The Kier molecular flexibility index (Phi) is 3.33. The lowest BCUT2D eigenvalue weighted by Gasteiger charge is -2.02. The average Bonchev–Trinajstić information content (AvgIpc) is 3.09. The minimum atomic E-state index is -1.16. The number of nitrogens with one attached hydrogen (secondary N) is 1. The molecule has 1 nitrogen and oxygen atoms in total. The highest BCUT2D eigenvalue weighted by Gasteiger charge is 2.20. The zero-order valence-corrected chi connectivity index (χ0v) is 10.9. The molecule has 1 heterocycles. The van der Waals surface area contributed by atoms with Crippen molar-refractivity contribution in [2.75, 3.05) is 0 Å². The SMILES string of the molecule is Fc1cc(F)c(-c2ccc(CNC3CC3)s2)cc1F. The van der Waals surface area contributed by atoms with Gasteiger partial charge in [-0.25, -0.2) is 13.2 Å². The van der Waals surface area contributed by atoms with Crippen molar-refractivity contribution in [3.05, 3.63) is 46.6 Å². The van der Waals surface area contributed by atoms with Crippen molar-refractivity contribution in [2.24, 2.45) is 0 Å². The first-order valence-corrected chi connectivity index (χ1v) is 6.92. The maximum absolute atomic E-state index is 13.6. The molecule has 1 aromatic carbocycles. The molecule has 0 aliphatic heterocycles.